The molecule has 3 aromatic heterocycles. The molecule has 0 aliphatic heterocycles. The number of hydrogen-bond acceptors (Lipinski definition) is 6. The third-order valence-corrected chi connectivity index (χ3v) is 5.33. The maximum atomic E-state index is 11.5. The van der Waals surface area contributed by atoms with E-state index < -0.39 is 0 Å². The van der Waals surface area contributed by atoms with E-state index in [0.29, 0.717) is 11.6 Å². The van der Waals surface area contributed by atoms with Gasteiger partial charge < -0.3 is 20.9 Å². The van der Waals surface area contributed by atoms with E-state index in [9.17, 15) is 4.79 Å². The van der Waals surface area contributed by atoms with E-state index in [1.165, 1.54) is 11.1 Å². The average Bonchev–Trinajstić information content (AvgIpc) is 3.49. The van der Waals surface area contributed by atoms with Crippen molar-refractivity contribution in [2.24, 2.45) is 0 Å². The Morgan fingerprint density at radius 2 is 2.17 bits per heavy atom. The predicted molar refractivity (Wildman–Crippen MR) is 115 cm³/mol. The van der Waals surface area contributed by atoms with Gasteiger partial charge in [-0.2, -0.15) is 15.1 Å². The Morgan fingerprint density at radius 3 is 3.07 bits per heavy atom. The topological polar surface area (TPSA) is 113 Å². The number of rotatable bonds is 6. The molecule has 1 amide bonds. The number of amides is 1. The fourth-order valence-electron chi connectivity index (χ4n) is 3.85. The van der Waals surface area contributed by atoms with E-state index in [4.69, 9.17) is 4.98 Å². The van der Waals surface area contributed by atoms with Crippen molar-refractivity contribution in [2.45, 2.75) is 25.4 Å². The fourth-order valence-corrected chi connectivity index (χ4v) is 3.85. The molecule has 1 atom stereocenters. The summed E-state index contributed by atoms with van der Waals surface area (Å²) >= 11 is 0. The Kier molecular flexibility index (Phi) is 4.55. The third-order valence-electron chi connectivity index (χ3n) is 5.33. The number of aryl methyl sites for hydroxylation is 1. The maximum Gasteiger partial charge on any atom is 0.241 e. The van der Waals surface area contributed by atoms with Crippen LogP contribution in [0.4, 0.5) is 17.5 Å². The fraction of sp³-hybridized carbons (Fsp3) is 0.238. The van der Waals surface area contributed by atoms with Crippen LogP contribution in [0, 0.1) is 0 Å². The molecule has 9 nitrogen and oxygen atoms in total. The number of carbonyl (C=O) groups is 1. The molecule has 0 spiro atoms. The van der Waals surface area contributed by atoms with Crippen molar-refractivity contribution < 1.29 is 4.79 Å². The van der Waals surface area contributed by atoms with Gasteiger partial charge in [-0.15, -0.1) is 0 Å². The number of hydrogen-bond donors (Lipinski definition) is 4. The van der Waals surface area contributed by atoms with Gasteiger partial charge in [0.2, 0.25) is 11.9 Å². The zero-order chi connectivity index (χ0) is 20.5. The van der Waals surface area contributed by atoms with Crippen LogP contribution in [0.5, 0.6) is 0 Å². The van der Waals surface area contributed by atoms with Gasteiger partial charge in [-0.3, -0.25) is 9.48 Å². The van der Waals surface area contributed by atoms with Crippen LogP contribution >= 0.6 is 0 Å². The molecule has 1 aliphatic rings. The molecule has 0 unspecified atom stereocenters. The molecule has 4 N–H and O–H groups in total. The van der Waals surface area contributed by atoms with Crippen molar-refractivity contribution in [3.05, 3.63) is 60.0 Å². The van der Waals surface area contributed by atoms with Crippen molar-refractivity contribution >= 4 is 34.4 Å². The Balaban J connectivity index is 1.40. The number of aromatic nitrogens is 5. The molecule has 1 aliphatic carbocycles. The number of nitrogens with zero attached hydrogens (tertiary/aromatic N) is 4. The summed E-state index contributed by atoms with van der Waals surface area (Å²) < 4.78 is 1.56. The van der Waals surface area contributed by atoms with Crippen LogP contribution in [-0.2, 0) is 17.8 Å². The largest absolute Gasteiger partial charge is 0.363 e. The molecule has 0 saturated carbocycles. The monoisotopic (exact) mass is 402 g/mol. The first kappa shape index (κ1) is 18.2. The summed E-state index contributed by atoms with van der Waals surface area (Å²) in [7, 11) is 1.60. The first-order chi connectivity index (χ1) is 14.7. The summed E-state index contributed by atoms with van der Waals surface area (Å²) in [5, 5.41) is 14.5. The summed E-state index contributed by atoms with van der Waals surface area (Å²) in [5.41, 5.74) is 4.17. The quantitative estimate of drug-likeness (QED) is 0.395. The van der Waals surface area contributed by atoms with Crippen molar-refractivity contribution in [1.82, 2.24) is 30.0 Å². The Labute approximate surface area is 172 Å². The minimum absolute atomic E-state index is 0.114. The molecule has 30 heavy (non-hydrogen) atoms. The van der Waals surface area contributed by atoms with Gasteiger partial charge in [0.25, 0.3) is 0 Å². The van der Waals surface area contributed by atoms with E-state index >= 15 is 0 Å². The van der Waals surface area contributed by atoms with Gasteiger partial charge in [-0.05, 0) is 30.0 Å². The lowest BCUT2D eigenvalue weighted by Gasteiger charge is -2.16. The van der Waals surface area contributed by atoms with Gasteiger partial charge in [0, 0.05) is 19.4 Å². The molecule has 0 fully saturated rings. The van der Waals surface area contributed by atoms with Crippen molar-refractivity contribution in [3.63, 3.8) is 0 Å². The first-order valence-corrected chi connectivity index (χ1v) is 9.89. The van der Waals surface area contributed by atoms with Gasteiger partial charge in [-0.25, -0.2) is 0 Å². The van der Waals surface area contributed by atoms with Crippen molar-refractivity contribution in [2.75, 3.05) is 17.7 Å². The maximum absolute atomic E-state index is 11.5. The lowest BCUT2D eigenvalue weighted by Crippen LogP contribution is -2.23. The number of fused-ring (bicyclic) bond motifs is 2. The zero-order valence-corrected chi connectivity index (χ0v) is 16.5. The average molecular weight is 402 g/mol. The molecule has 1 aromatic carbocycles. The van der Waals surface area contributed by atoms with Gasteiger partial charge in [0.05, 0.1) is 23.3 Å². The standard InChI is InChI=1S/C21H22N8O/c1-22-18(30)12-29-11-14(10-24-29)25-21-27-19-16(8-9-23-19)20(28-21)26-17-7-6-13-4-2-3-5-15(13)17/h2-5,8-11,17H,6-7,12H2,1H3,(H,22,30)(H3,23,25,26,27,28)/t17-/m0/s1. The van der Waals surface area contributed by atoms with Crippen LogP contribution < -0.4 is 16.0 Å². The predicted octanol–water partition coefficient (Wildman–Crippen LogP) is 2.74. The normalized spacial score (nSPS) is 15.2. The summed E-state index contributed by atoms with van der Waals surface area (Å²) in [6, 6.07) is 10.7. The highest BCUT2D eigenvalue weighted by Crippen LogP contribution is 2.35. The molecular formula is C21H22N8O. The second-order valence-corrected chi connectivity index (χ2v) is 7.29. The Hall–Kier alpha value is -3.88. The van der Waals surface area contributed by atoms with Gasteiger partial charge in [0.15, 0.2) is 0 Å². The van der Waals surface area contributed by atoms with E-state index in [1.807, 2.05) is 12.3 Å². The number of likely N-dealkylation sites (N-methyl/N-ethyl adjacent to an activating group) is 1. The zero-order valence-electron chi connectivity index (χ0n) is 16.5. The molecule has 9 heteroatoms. The number of H-pyrrole nitrogens is 1. The smallest absolute Gasteiger partial charge is 0.241 e. The Bertz CT molecular complexity index is 1210. The highest BCUT2D eigenvalue weighted by Gasteiger charge is 2.23. The molecule has 5 rings (SSSR count). The molecule has 0 radical (unpaired) electrons. The molecule has 4 aromatic rings. The van der Waals surface area contributed by atoms with Crippen molar-refractivity contribution in [3.8, 4) is 0 Å². The van der Waals surface area contributed by atoms with Gasteiger partial charge >= 0.3 is 0 Å². The number of benzene rings is 1. The minimum atomic E-state index is -0.114. The van der Waals surface area contributed by atoms with Crippen LogP contribution in [0.25, 0.3) is 11.0 Å². The van der Waals surface area contributed by atoms with Crippen LogP contribution in [0.15, 0.2) is 48.9 Å². The molecular weight excluding hydrogens is 380 g/mol. The first-order valence-electron chi connectivity index (χ1n) is 9.89. The second kappa shape index (κ2) is 7.51. The highest BCUT2D eigenvalue weighted by molar-refractivity contribution is 5.88. The number of anilines is 3. The van der Waals surface area contributed by atoms with E-state index in [-0.39, 0.29) is 18.5 Å². The summed E-state index contributed by atoms with van der Waals surface area (Å²) in [6.07, 6.45) is 7.34. The molecule has 0 bridgehead atoms. The van der Waals surface area contributed by atoms with E-state index in [0.717, 1.165) is 29.7 Å². The van der Waals surface area contributed by atoms with E-state index in [1.54, 1.807) is 24.1 Å². The van der Waals surface area contributed by atoms with Crippen LogP contribution in [0.2, 0.25) is 0 Å². The number of carbonyl (C=O) groups excluding carboxylic acids is 1. The van der Waals surface area contributed by atoms with Crippen LogP contribution in [-0.4, -0.2) is 37.7 Å². The van der Waals surface area contributed by atoms with Gasteiger partial charge in [0.1, 0.15) is 18.0 Å². The number of aromatic amines is 1. The molecule has 3 heterocycles. The summed E-state index contributed by atoms with van der Waals surface area (Å²) in [4.78, 5) is 24.0. The van der Waals surface area contributed by atoms with Crippen LogP contribution in [0.3, 0.4) is 0 Å². The van der Waals surface area contributed by atoms with Crippen LogP contribution in [0.1, 0.15) is 23.6 Å². The van der Waals surface area contributed by atoms with E-state index in [2.05, 4.69) is 55.3 Å². The lowest BCUT2D eigenvalue weighted by atomic mass is 10.1. The summed E-state index contributed by atoms with van der Waals surface area (Å²) in [5.74, 6) is 1.12. The second-order valence-electron chi connectivity index (χ2n) is 7.29. The number of nitrogens with one attached hydrogen (secondary N) is 4. The lowest BCUT2D eigenvalue weighted by molar-refractivity contribution is -0.121. The molecule has 152 valence electrons. The summed E-state index contributed by atoms with van der Waals surface area (Å²) in [6.45, 7) is 0.155. The highest BCUT2D eigenvalue weighted by atomic mass is 16.1. The SMILES string of the molecule is CNC(=O)Cn1cc(Nc2nc(N[C@H]3CCc4ccccc43)c3cc[nH]c3n2)cn1. The Morgan fingerprint density at radius 1 is 1.27 bits per heavy atom. The third kappa shape index (κ3) is 3.45. The van der Waals surface area contributed by atoms with Gasteiger partial charge in [-0.1, -0.05) is 24.3 Å². The van der Waals surface area contributed by atoms with Crippen molar-refractivity contribution in [1.29, 1.82) is 0 Å². The molecule has 0 saturated heterocycles. The minimum Gasteiger partial charge on any atom is -0.363 e.